The Morgan fingerprint density at radius 2 is 2.10 bits per heavy atom. The number of anilines is 1. The summed E-state index contributed by atoms with van der Waals surface area (Å²) < 4.78 is 5.05. The van der Waals surface area contributed by atoms with Crippen LogP contribution in [0.5, 0.6) is 5.75 Å². The second-order valence-electron chi connectivity index (χ2n) is 2.17. The Labute approximate surface area is 60.6 Å². The Morgan fingerprint density at radius 3 is 2.60 bits per heavy atom. The van der Waals surface area contributed by atoms with E-state index in [1.807, 2.05) is 25.1 Å². The zero-order chi connectivity index (χ0) is 7.56. The monoisotopic (exact) mass is 137 g/mol. The van der Waals surface area contributed by atoms with E-state index >= 15 is 0 Å². The van der Waals surface area contributed by atoms with Crippen LogP contribution >= 0.6 is 0 Å². The first-order valence-corrected chi connectivity index (χ1v) is 3.15. The molecular formula is C8H11NO. The molecule has 1 aromatic carbocycles. The Kier molecular flexibility index (Phi) is 1.81. The van der Waals surface area contributed by atoms with Crippen molar-refractivity contribution in [3.05, 3.63) is 23.8 Å². The second kappa shape index (κ2) is 2.60. The number of rotatable bonds is 1. The van der Waals surface area contributed by atoms with Crippen LogP contribution in [0.15, 0.2) is 18.2 Å². The lowest BCUT2D eigenvalue weighted by molar-refractivity contribution is 0.412. The topological polar surface area (TPSA) is 35.2 Å². The molecule has 0 heterocycles. The highest BCUT2D eigenvalue weighted by atomic mass is 16.5. The van der Waals surface area contributed by atoms with Gasteiger partial charge in [0.05, 0.1) is 7.11 Å². The van der Waals surface area contributed by atoms with Gasteiger partial charge in [0.2, 0.25) is 0 Å². The van der Waals surface area contributed by atoms with Crippen molar-refractivity contribution in [2.24, 2.45) is 0 Å². The molecule has 0 atom stereocenters. The third-order valence-corrected chi connectivity index (χ3v) is 1.55. The van der Waals surface area contributed by atoms with Gasteiger partial charge in [-0.15, -0.1) is 0 Å². The standard InChI is InChI=1S/C8H11NO/c1-6-7(9)4-3-5-8(6)10-2/h3-5H,9H2,1-2H3. The van der Waals surface area contributed by atoms with E-state index in [0.717, 1.165) is 17.0 Å². The third kappa shape index (κ3) is 1.05. The average molecular weight is 137 g/mol. The number of benzene rings is 1. The van der Waals surface area contributed by atoms with Crippen molar-refractivity contribution < 1.29 is 4.74 Å². The first-order valence-electron chi connectivity index (χ1n) is 3.15. The maximum Gasteiger partial charge on any atom is 0.123 e. The fourth-order valence-corrected chi connectivity index (χ4v) is 0.853. The minimum atomic E-state index is 0.777. The first-order chi connectivity index (χ1) is 4.75. The van der Waals surface area contributed by atoms with E-state index < -0.39 is 0 Å². The van der Waals surface area contributed by atoms with E-state index in [0.29, 0.717) is 0 Å². The van der Waals surface area contributed by atoms with Crippen molar-refractivity contribution in [2.75, 3.05) is 12.8 Å². The molecule has 0 fully saturated rings. The number of nitrogens with two attached hydrogens (primary N) is 1. The number of methoxy groups -OCH3 is 1. The lowest BCUT2D eigenvalue weighted by Crippen LogP contribution is -1.92. The maximum atomic E-state index is 5.62. The van der Waals surface area contributed by atoms with Crippen molar-refractivity contribution in [3.63, 3.8) is 0 Å². The molecule has 1 aromatic rings. The largest absolute Gasteiger partial charge is 0.496 e. The molecule has 0 unspecified atom stereocenters. The number of nitrogen functional groups attached to an aromatic ring is 1. The molecule has 0 radical (unpaired) electrons. The average Bonchev–Trinajstić information content (AvgIpc) is 1.95. The van der Waals surface area contributed by atoms with Gasteiger partial charge in [0.1, 0.15) is 5.75 Å². The molecule has 0 amide bonds. The summed E-state index contributed by atoms with van der Waals surface area (Å²) >= 11 is 0. The van der Waals surface area contributed by atoms with Gasteiger partial charge < -0.3 is 10.5 Å². The summed E-state index contributed by atoms with van der Waals surface area (Å²) in [6.07, 6.45) is 0. The van der Waals surface area contributed by atoms with Crippen LogP contribution in [-0.4, -0.2) is 7.11 Å². The van der Waals surface area contributed by atoms with Crippen molar-refractivity contribution in [2.45, 2.75) is 6.92 Å². The van der Waals surface area contributed by atoms with Crippen LogP contribution in [0, 0.1) is 6.92 Å². The molecule has 0 aliphatic heterocycles. The lowest BCUT2D eigenvalue weighted by atomic mass is 10.2. The lowest BCUT2D eigenvalue weighted by Gasteiger charge is -2.05. The zero-order valence-electron chi connectivity index (χ0n) is 6.22. The smallest absolute Gasteiger partial charge is 0.123 e. The van der Waals surface area contributed by atoms with Crippen LogP contribution in [0.2, 0.25) is 0 Å². The fourth-order valence-electron chi connectivity index (χ4n) is 0.853. The van der Waals surface area contributed by atoms with Gasteiger partial charge in [-0.25, -0.2) is 0 Å². The van der Waals surface area contributed by atoms with Crippen LogP contribution in [-0.2, 0) is 0 Å². The normalized spacial score (nSPS) is 9.40. The van der Waals surface area contributed by atoms with Gasteiger partial charge in [-0.2, -0.15) is 0 Å². The minimum Gasteiger partial charge on any atom is -0.496 e. The van der Waals surface area contributed by atoms with E-state index in [-0.39, 0.29) is 0 Å². The van der Waals surface area contributed by atoms with Crippen molar-refractivity contribution >= 4 is 5.69 Å². The van der Waals surface area contributed by atoms with Gasteiger partial charge in [0, 0.05) is 11.3 Å². The van der Waals surface area contributed by atoms with Gasteiger partial charge in [-0.1, -0.05) is 6.07 Å². The van der Waals surface area contributed by atoms with E-state index in [9.17, 15) is 0 Å². The van der Waals surface area contributed by atoms with Gasteiger partial charge in [-0.3, -0.25) is 0 Å². The summed E-state index contributed by atoms with van der Waals surface area (Å²) in [5.74, 6) is 0.847. The predicted octanol–water partition coefficient (Wildman–Crippen LogP) is 1.59. The number of hydrogen-bond acceptors (Lipinski definition) is 2. The fraction of sp³-hybridized carbons (Fsp3) is 0.250. The van der Waals surface area contributed by atoms with Gasteiger partial charge in [-0.05, 0) is 19.1 Å². The highest BCUT2D eigenvalue weighted by Crippen LogP contribution is 2.21. The Balaban J connectivity index is 3.14. The highest BCUT2D eigenvalue weighted by Gasteiger charge is 1.98. The Morgan fingerprint density at radius 1 is 1.40 bits per heavy atom. The Hall–Kier alpha value is -1.18. The Bertz CT molecular complexity index is 233. The quantitative estimate of drug-likeness (QED) is 0.596. The van der Waals surface area contributed by atoms with E-state index in [1.54, 1.807) is 7.11 Å². The third-order valence-electron chi connectivity index (χ3n) is 1.55. The predicted molar refractivity (Wildman–Crippen MR) is 42.1 cm³/mol. The van der Waals surface area contributed by atoms with Crippen molar-refractivity contribution in [3.8, 4) is 5.75 Å². The minimum absolute atomic E-state index is 0.777. The van der Waals surface area contributed by atoms with Crippen LogP contribution in [0.1, 0.15) is 5.56 Å². The molecule has 0 spiro atoms. The number of hydrogen-bond donors (Lipinski definition) is 1. The van der Waals surface area contributed by atoms with Crippen LogP contribution in [0.25, 0.3) is 0 Å². The molecule has 2 heteroatoms. The summed E-state index contributed by atoms with van der Waals surface area (Å²) in [6.45, 7) is 1.94. The van der Waals surface area contributed by atoms with Gasteiger partial charge in [0.25, 0.3) is 0 Å². The van der Waals surface area contributed by atoms with Crippen molar-refractivity contribution in [1.29, 1.82) is 0 Å². The molecule has 10 heavy (non-hydrogen) atoms. The van der Waals surface area contributed by atoms with Crippen molar-refractivity contribution in [1.82, 2.24) is 0 Å². The molecule has 1 rings (SSSR count). The molecule has 0 aromatic heterocycles. The van der Waals surface area contributed by atoms with Crippen LogP contribution in [0.3, 0.4) is 0 Å². The van der Waals surface area contributed by atoms with Crippen LogP contribution in [0.4, 0.5) is 5.69 Å². The molecule has 0 aliphatic rings. The van der Waals surface area contributed by atoms with Gasteiger partial charge >= 0.3 is 0 Å². The number of ether oxygens (including phenoxy) is 1. The second-order valence-corrected chi connectivity index (χ2v) is 2.17. The summed E-state index contributed by atoms with van der Waals surface area (Å²) in [4.78, 5) is 0. The highest BCUT2D eigenvalue weighted by molar-refractivity contribution is 5.52. The van der Waals surface area contributed by atoms with Gasteiger partial charge in [0.15, 0.2) is 0 Å². The van der Waals surface area contributed by atoms with Crippen LogP contribution < -0.4 is 10.5 Å². The molecule has 2 N–H and O–H groups in total. The molecular weight excluding hydrogens is 126 g/mol. The molecule has 0 bridgehead atoms. The first kappa shape index (κ1) is 6.93. The molecule has 54 valence electrons. The molecule has 0 saturated heterocycles. The van der Waals surface area contributed by atoms with E-state index in [2.05, 4.69) is 0 Å². The summed E-state index contributed by atoms with van der Waals surface area (Å²) in [6, 6.07) is 5.63. The summed E-state index contributed by atoms with van der Waals surface area (Å²) in [5.41, 5.74) is 7.40. The van der Waals surface area contributed by atoms with E-state index in [4.69, 9.17) is 10.5 Å². The SMILES string of the molecule is COc1cccc(N)c1C. The molecule has 2 nitrogen and oxygen atoms in total. The maximum absolute atomic E-state index is 5.62. The molecule has 0 saturated carbocycles. The molecule has 0 aliphatic carbocycles. The summed E-state index contributed by atoms with van der Waals surface area (Å²) in [7, 11) is 1.64. The summed E-state index contributed by atoms with van der Waals surface area (Å²) in [5, 5.41) is 0. The van der Waals surface area contributed by atoms with E-state index in [1.165, 1.54) is 0 Å². The zero-order valence-corrected chi connectivity index (χ0v) is 6.22.